The van der Waals surface area contributed by atoms with Crippen LogP contribution in [0.3, 0.4) is 0 Å². The number of aliphatic carboxylic acids is 1. The van der Waals surface area contributed by atoms with Crippen molar-refractivity contribution in [2.45, 2.75) is 33.6 Å². The molecule has 0 atom stereocenters. The van der Waals surface area contributed by atoms with Crippen molar-refractivity contribution in [2.75, 3.05) is 0 Å². The Labute approximate surface area is 112 Å². The van der Waals surface area contributed by atoms with Crippen molar-refractivity contribution >= 4 is 5.97 Å². The van der Waals surface area contributed by atoms with E-state index in [1.165, 1.54) is 11.1 Å². The van der Waals surface area contributed by atoms with Gasteiger partial charge in [0.15, 0.2) is 11.7 Å². The Morgan fingerprint density at radius 1 is 1.26 bits per heavy atom. The predicted molar refractivity (Wildman–Crippen MR) is 72.1 cm³/mol. The van der Waals surface area contributed by atoms with Crippen LogP contribution in [0.2, 0.25) is 0 Å². The highest BCUT2D eigenvalue weighted by Gasteiger charge is 2.13. The fourth-order valence-electron chi connectivity index (χ4n) is 1.92. The maximum atomic E-state index is 10.5. The van der Waals surface area contributed by atoms with E-state index in [9.17, 15) is 4.79 Å². The Hall–Kier alpha value is -2.10. The molecule has 4 nitrogen and oxygen atoms in total. The summed E-state index contributed by atoms with van der Waals surface area (Å²) in [6, 6.07) is 6.10. The van der Waals surface area contributed by atoms with E-state index >= 15 is 0 Å². The smallest absolute Gasteiger partial charge is 0.303 e. The summed E-state index contributed by atoms with van der Waals surface area (Å²) in [5.74, 6) is 0.361. The van der Waals surface area contributed by atoms with Crippen molar-refractivity contribution in [3.63, 3.8) is 0 Å². The van der Waals surface area contributed by atoms with Gasteiger partial charge in [0.1, 0.15) is 0 Å². The molecule has 0 unspecified atom stereocenters. The first-order valence-corrected chi connectivity index (χ1v) is 6.23. The van der Waals surface area contributed by atoms with Crippen LogP contribution in [0.4, 0.5) is 0 Å². The zero-order valence-electron chi connectivity index (χ0n) is 11.4. The average molecular weight is 259 g/mol. The second-order valence-corrected chi connectivity index (χ2v) is 4.71. The van der Waals surface area contributed by atoms with Gasteiger partial charge in [-0.3, -0.25) is 4.79 Å². The summed E-state index contributed by atoms with van der Waals surface area (Å²) in [4.78, 5) is 14.8. The van der Waals surface area contributed by atoms with E-state index in [1.54, 1.807) is 0 Å². The first-order valence-electron chi connectivity index (χ1n) is 6.23. The van der Waals surface area contributed by atoms with Crippen molar-refractivity contribution in [1.82, 2.24) is 4.98 Å². The third kappa shape index (κ3) is 3.02. The first-order chi connectivity index (χ1) is 8.97. The minimum atomic E-state index is -0.844. The number of hydrogen-bond acceptors (Lipinski definition) is 3. The van der Waals surface area contributed by atoms with Crippen LogP contribution in [0.5, 0.6) is 0 Å². The van der Waals surface area contributed by atoms with E-state index in [0.717, 1.165) is 17.0 Å². The summed E-state index contributed by atoms with van der Waals surface area (Å²) >= 11 is 0. The number of aryl methyl sites for hydroxylation is 4. The minimum Gasteiger partial charge on any atom is -0.481 e. The molecule has 0 amide bonds. The molecule has 100 valence electrons. The molecule has 2 aromatic rings. The summed E-state index contributed by atoms with van der Waals surface area (Å²) in [7, 11) is 0. The van der Waals surface area contributed by atoms with Crippen molar-refractivity contribution in [3.05, 3.63) is 40.9 Å². The zero-order chi connectivity index (χ0) is 14.0. The SMILES string of the molecule is Cc1ccc(-c2oc(CCC(=O)O)nc2C)cc1C. The molecule has 0 bridgehead atoms. The minimum absolute atomic E-state index is 0.0340. The molecule has 0 radical (unpaired) electrons. The van der Waals surface area contributed by atoms with E-state index in [4.69, 9.17) is 9.52 Å². The summed E-state index contributed by atoms with van der Waals surface area (Å²) in [6.07, 6.45) is 0.354. The third-order valence-corrected chi connectivity index (χ3v) is 3.16. The Balaban J connectivity index is 2.29. The number of benzene rings is 1. The van der Waals surface area contributed by atoms with E-state index in [1.807, 2.05) is 19.1 Å². The molecule has 2 rings (SSSR count). The molecule has 0 spiro atoms. The highest BCUT2D eigenvalue weighted by Crippen LogP contribution is 2.26. The van der Waals surface area contributed by atoms with Gasteiger partial charge < -0.3 is 9.52 Å². The quantitative estimate of drug-likeness (QED) is 0.915. The molecule has 19 heavy (non-hydrogen) atoms. The topological polar surface area (TPSA) is 63.3 Å². The molecule has 1 N–H and O–H groups in total. The van der Waals surface area contributed by atoms with Gasteiger partial charge in [0.25, 0.3) is 0 Å². The van der Waals surface area contributed by atoms with Gasteiger partial charge in [-0.1, -0.05) is 12.1 Å². The van der Waals surface area contributed by atoms with Gasteiger partial charge in [-0.15, -0.1) is 0 Å². The lowest BCUT2D eigenvalue weighted by molar-refractivity contribution is -0.137. The average Bonchev–Trinajstić information content (AvgIpc) is 2.72. The van der Waals surface area contributed by atoms with Crippen LogP contribution in [-0.2, 0) is 11.2 Å². The van der Waals surface area contributed by atoms with E-state index in [2.05, 4.69) is 24.9 Å². The van der Waals surface area contributed by atoms with Crippen molar-refractivity contribution in [1.29, 1.82) is 0 Å². The standard InChI is InChI=1S/C15H17NO3/c1-9-4-5-12(8-10(9)2)15-11(3)16-13(19-15)6-7-14(17)18/h4-5,8H,6-7H2,1-3H3,(H,17,18). The predicted octanol–water partition coefficient (Wildman–Crippen LogP) is 3.28. The van der Waals surface area contributed by atoms with Crippen molar-refractivity contribution in [3.8, 4) is 11.3 Å². The lowest BCUT2D eigenvalue weighted by atomic mass is 10.0. The van der Waals surface area contributed by atoms with Crippen LogP contribution >= 0.6 is 0 Å². The highest BCUT2D eigenvalue weighted by molar-refractivity contribution is 5.67. The second-order valence-electron chi connectivity index (χ2n) is 4.71. The monoisotopic (exact) mass is 259 g/mol. The molecule has 1 aromatic carbocycles. The van der Waals surface area contributed by atoms with Crippen LogP contribution in [0, 0.1) is 20.8 Å². The number of carboxylic acids is 1. The maximum absolute atomic E-state index is 10.5. The molecule has 4 heteroatoms. The number of rotatable bonds is 4. The largest absolute Gasteiger partial charge is 0.481 e. The van der Waals surface area contributed by atoms with Crippen LogP contribution in [0.1, 0.15) is 29.1 Å². The van der Waals surface area contributed by atoms with E-state index in [-0.39, 0.29) is 6.42 Å². The molecule has 1 heterocycles. The Morgan fingerprint density at radius 3 is 2.63 bits per heavy atom. The Morgan fingerprint density at radius 2 is 2.00 bits per heavy atom. The zero-order valence-corrected chi connectivity index (χ0v) is 11.4. The highest BCUT2D eigenvalue weighted by atomic mass is 16.4. The molecule has 0 saturated heterocycles. The first kappa shape index (κ1) is 13.3. The second kappa shape index (κ2) is 5.26. The maximum Gasteiger partial charge on any atom is 0.303 e. The molecular formula is C15H17NO3. The lowest BCUT2D eigenvalue weighted by Crippen LogP contribution is -1.97. The fraction of sp³-hybridized carbons (Fsp3) is 0.333. The van der Waals surface area contributed by atoms with Gasteiger partial charge in [-0.05, 0) is 38.0 Å². The molecule has 0 aliphatic heterocycles. The summed E-state index contributed by atoms with van der Waals surface area (Å²) in [6.45, 7) is 5.98. The van der Waals surface area contributed by atoms with Crippen LogP contribution in [0.15, 0.2) is 22.6 Å². The summed E-state index contributed by atoms with van der Waals surface area (Å²) in [5, 5.41) is 8.67. The number of aromatic nitrogens is 1. The van der Waals surface area contributed by atoms with Crippen LogP contribution in [-0.4, -0.2) is 16.1 Å². The fourth-order valence-corrected chi connectivity index (χ4v) is 1.92. The lowest BCUT2D eigenvalue weighted by Gasteiger charge is -2.03. The molecule has 0 aliphatic rings. The Kier molecular flexibility index (Phi) is 3.69. The van der Waals surface area contributed by atoms with Gasteiger partial charge in [-0.25, -0.2) is 4.98 Å². The van der Waals surface area contributed by atoms with Gasteiger partial charge in [0.2, 0.25) is 0 Å². The molecular weight excluding hydrogens is 242 g/mol. The Bertz CT molecular complexity index is 614. The number of hydrogen-bond donors (Lipinski definition) is 1. The van der Waals surface area contributed by atoms with Gasteiger partial charge >= 0.3 is 5.97 Å². The van der Waals surface area contributed by atoms with Crippen LogP contribution in [0.25, 0.3) is 11.3 Å². The summed E-state index contributed by atoms with van der Waals surface area (Å²) < 4.78 is 5.67. The third-order valence-electron chi connectivity index (χ3n) is 3.16. The van der Waals surface area contributed by atoms with Gasteiger partial charge in [0.05, 0.1) is 12.1 Å². The van der Waals surface area contributed by atoms with Gasteiger partial charge in [-0.2, -0.15) is 0 Å². The molecule has 1 aromatic heterocycles. The number of nitrogens with zero attached hydrogens (tertiary/aromatic N) is 1. The van der Waals surface area contributed by atoms with Crippen LogP contribution < -0.4 is 0 Å². The normalized spacial score (nSPS) is 10.7. The molecule has 0 saturated carbocycles. The van der Waals surface area contributed by atoms with Crippen molar-refractivity contribution in [2.24, 2.45) is 0 Å². The summed E-state index contributed by atoms with van der Waals surface area (Å²) in [5.41, 5.74) is 4.20. The van der Waals surface area contributed by atoms with Gasteiger partial charge in [0, 0.05) is 12.0 Å². The number of carboxylic acid groups (broad SMARTS) is 1. The number of oxazole rings is 1. The van der Waals surface area contributed by atoms with E-state index in [0.29, 0.717) is 12.3 Å². The molecule has 0 aliphatic carbocycles. The molecule has 0 fully saturated rings. The van der Waals surface area contributed by atoms with Crippen molar-refractivity contribution < 1.29 is 14.3 Å². The number of carbonyl (C=O) groups is 1. The van der Waals surface area contributed by atoms with E-state index < -0.39 is 5.97 Å².